The number of nitrogens with zero attached hydrogens (tertiary/aromatic N) is 2. The van der Waals surface area contributed by atoms with Gasteiger partial charge in [-0.05, 0) is 30.2 Å². The lowest BCUT2D eigenvalue weighted by Crippen LogP contribution is -2.38. The fourth-order valence-electron chi connectivity index (χ4n) is 3.25. The molecule has 8 heteroatoms. The molecular formula is C18H20N2O5S. The van der Waals surface area contributed by atoms with Crippen molar-refractivity contribution in [1.82, 2.24) is 4.90 Å². The van der Waals surface area contributed by atoms with Gasteiger partial charge in [-0.1, -0.05) is 6.07 Å². The average Bonchev–Trinajstić information content (AvgIpc) is 3.21. The maximum absolute atomic E-state index is 12.9. The molecule has 138 valence electrons. The number of rotatable bonds is 5. The number of benzene rings is 1. The molecule has 0 unspecified atom stereocenters. The Morgan fingerprint density at radius 2 is 1.88 bits per heavy atom. The van der Waals surface area contributed by atoms with Gasteiger partial charge in [0, 0.05) is 24.0 Å². The largest absolute Gasteiger partial charge is 0.493 e. The third kappa shape index (κ3) is 3.50. The second-order valence-electron chi connectivity index (χ2n) is 6.06. The number of carbonyl (C=O) groups excluding carboxylic acids is 1. The summed E-state index contributed by atoms with van der Waals surface area (Å²) in [5.74, 6) is 0.629. The molecule has 1 aromatic carbocycles. The molecule has 1 aliphatic heterocycles. The molecular weight excluding hydrogens is 356 g/mol. The van der Waals surface area contributed by atoms with E-state index in [1.54, 1.807) is 16.2 Å². The SMILES string of the molecule is COc1cc(C(=O)N2CCC(c3cccs3)CC2)c([N+](=O)[O-])cc1OC. The monoisotopic (exact) mass is 376 g/mol. The molecule has 0 saturated carbocycles. The molecule has 0 aliphatic carbocycles. The zero-order valence-corrected chi connectivity index (χ0v) is 15.5. The number of piperidine rings is 1. The van der Waals surface area contributed by atoms with E-state index in [1.807, 2.05) is 6.07 Å². The molecule has 1 amide bonds. The van der Waals surface area contributed by atoms with E-state index in [2.05, 4.69) is 11.4 Å². The number of hydrogen-bond acceptors (Lipinski definition) is 6. The van der Waals surface area contributed by atoms with E-state index in [1.165, 1.54) is 31.2 Å². The molecule has 0 radical (unpaired) electrons. The van der Waals surface area contributed by atoms with E-state index in [-0.39, 0.29) is 22.9 Å². The Kier molecular flexibility index (Phi) is 5.41. The van der Waals surface area contributed by atoms with Crippen LogP contribution in [-0.2, 0) is 0 Å². The van der Waals surface area contributed by atoms with Crippen LogP contribution < -0.4 is 9.47 Å². The molecule has 0 N–H and O–H groups in total. The van der Waals surface area contributed by atoms with Gasteiger partial charge in [0.25, 0.3) is 11.6 Å². The summed E-state index contributed by atoms with van der Waals surface area (Å²) < 4.78 is 10.3. The summed E-state index contributed by atoms with van der Waals surface area (Å²) in [7, 11) is 2.84. The average molecular weight is 376 g/mol. The summed E-state index contributed by atoms with van der Waals surface area (Å²) in [6, 6.07) is 6.78. The molecule has 26 heavy (non-hydrogen) atoms. The Labute approximate surface area is 155 Å². The number of carbonyl (C=O) groups is 1. The second kappa shape index (κ2) is 7.74. The minimum absolute atomic E-state index is 0.0298. The van der Waals surface area contributed by atoms with Crippen LogP contribution in [0.15, 0.2) is 29.6 Å². The first-order chi connectivity index (χ1) is 12.5. The Bertz CT molecular complexity index is 798. The first-order valence-electron chi connectivity index (χ1n) is 8.28. The van der Waals surface area contributed by atoms with Gasteiger partial charge in [0.1, 0.15) is 5.56 Å². The number of thiophene rings is 1. The number of methoxy groups -OCH3 is 2. The second-order valence-corrected chi connectivity index (χ2v) is 7.04. The lowest BCUT2D eigenvalue weighted by atomic mass is 9.94. The molecule has 0 spiro atoms. The zero-order valence-electron chi connectivity index (χ0n) is 14.6. The van der Waals surface area contributed by atoms with Crippen LogP contribution >= 0.6 is 11.3 Å². The highest BCUT2D eigenvalue weighted by atomic mass is 32.1. The standard InChI is InChI=1S/C18H20N2O5S/c1-24-15-10-13(14(20(22)23)11-16(15)25-2)18(21)19-7-5-12(6-8-19)17-4-3-9-26-17/h3-4,9-12H,5-8H2,1-2H3. The van der Waals surface area contributed by atoms with E-state index >= 15 is 0 Å². The van der Waals surface area contributed by atoms with Crippen molar-refractivity contribution in [3.8, 4) is 11.5 Å². The lowest BCUT2D eigenvalue weighted by molar-refractivity contribution is -0.385. The Morgan fingerprint density at radius 3 is 2.42 bits per heavy atom. The van der Waals surface area contributed by atoms with Gasteiger partial charge in [0.15, 0.2) is 11.5 Å². The number of nitro benzene ring substituents is 1. The Balaban J connectivity index is 1.82. The topological polar surface area (TPSA) is 81.9 Å². The molecule has 0 bridgehead atoms. The predicted molar refractivity (Wildman–Crippen MR) is 98.4 cm³/mol. The number of ether oxygens (including phenoxy) is 2. The summed E-state index contributed by atoms with van der Waals surface area (Å²) in [4.78, 5) is 26.8. The number of likely N-dealkylation sites (tertiary alicyclic amines) is 1. The van der Waals surface area contributed by atoms with Crippen molar-refractivity contribution in [3.63, 3.8) is 0 Å². The van der Waals surface area contributed by atoms with Crippen molar-refractivity contribution in [2.24, 2.45) is 0 Å². The molecule has 2 aromatic rings. The van der Waals surface area contributed by atoms with Crippen molar-refractivity contribution in [3.05, 3.63) is 50.2 Å². The van der Waals surface area contributed by atoms with Crippen LogP contribution in [0.2, 0.25) is 0 Å². The molecule has 3 rings (SSSR count). The molecule has 0 atom stereocenters. The van der Waals surface area contributed by atoms with Crippen LogP contribution in [0.25, 0.3) is 0 Å². The van der Waals surface area contributed by atoms with E-state index in [9.17, 15) is 14.9 Å². The van der Waals surface area contributed by atoms with Gasteiger partial charge in [0.2, 0.25) is 0 Å². The highest BCUT2D eigenvalue weighted by molar-refractivity contribution is 7.10. The quantitative estimate of drug-likeness (QED) is 0.587. The summed E-state index contributed by atoms with van der Waals surface area (Å²) >= 11 is 1.73. The summed E-state index contributed by atoms with van der Waals surface area (Å²) in [6.45, 7) is 1.15. The zero-order chi connectivity index (χ0) is 18.7. The molecule has 1 saturated heterocycles. The van der Waals surface area contributed by atoms with E-state index < -0.39 is 4.92 Å². The first-order valence-corrected chi connectivity index (χ1v) is 9.16. The van der Waals surface area contributed by atoms with Gasteiger partial charge in [0.05, 0.1) is 25.2 Å². The lowest BCUT2D eigenvalue weighted by Gasteiger charge is -2.31. The van der Waals surface area contributed by atoms with Crippen molar-refractivity contribution in [1.29, 1.82) is 0 Å². The van der Waals surface area contributed by atoms with Crippen molar-refractivity contribution in [2.75, 3.05) is 27.3 Å². The Morgan fingerprint density at radius 1 is 1.23 bits per heavy atom. The number of nitro groups is 1. The fourth-order valence-corrected chi connectivity index (χ4v) is 4.15. The molecule has 1 fully saturated rings. The fraction of sp³-hybridized carbons (Fsp3) is 0.389. The third-order valence-corrected chi connectivity index (χ3v) is 5.69. The number of amides is 1. The third-order valence-electron chi connectivity index (χ3n) is 4.66. The van der Waals surface area contributed by atoms with E-state index in [0.29, 0.717) is 24.8 Å². The maximum atomic E-state index is 12.9. The summed E-state index contributed by atoms with van der Waals surface area (Å²) in [5.41, 5.74) is -0.241. The van der Waals surface area contributed by atoms with Gasteiger partial charge in [-0.25, -0.2) is 0 Å². The first kappa shape index (κ1) is 18.2. The van der Waals surface area contributed by atoms with Gasteiger partial charge in [-0.2, -0.15) is 0 Å². The maximum Gasteiger partial charge on any atom is 0.286 e. The van der Waals surface area contributed by atoms with Gasteiger partial charge in [-0.15, -0.1) is 11.3 Å². The molecule has 1 aromatic heterocycles. The van der Waals surface area contributed by atoms with Crippen LogP contribution in [0.3, 0.4) is 0 Å². The van der Waals surface area contributed by atoms with E-state index in [4.69, 9.17) is 9.47 Å². The highest BCUT2D eigenvalue weighted by Gasteiger charge is 2.30. The van der Waals surface area contributed by atoms with Crippen LogP contribution in [0, 0.1) is 10.1 Å². The van der Waals surface area contributed by atoms with Crippen LogP contribution in [-0.4, -0.2) is 43.0 Å². The van der Waals surface area contributed by atoms with E-state index in [0.717, 1.165) is 12.8 Å². The predicted octanol–water partition coefficient (Wildman–Crippen LogP) is 3.69. The van der Waals surface area contributed by atoms with Gasteiger partial charge < -0.3 is 14.4 Å². The van der Waals surface area contributed by atoms with Crippen LogP contribution in [0.1, 0.15) is 34.0 Å². The van der Waals surface area contributed by atoms with Crippen molar-refractivity contribution in [2.45, 2.75) is 18.8 Å². The molecule has 7 nitrogen and oxygen atoms in total. The van der Waals surface area contributed by atoms with Crippen molar-refractivity contribution >= 4 is 22.9 Å². The minimum atomic E-state index is -0.562. The van der Waals surface area contributed by atoms with Crippen LogP contribution in [0.5, 0.6) is 11.5 Å². The van der Waals surface area contributed by atoms with Crippen molar-refractivity contribution < 1.29 is 19.2 Å². The summed E-state index contributed by atoms with van der Waals surface area (Å²) in [5, 5.41) is 13.5. The minimum Gasteiger partial charge on any atom is -0.493 e. The Hall–Kier alpha value is -2.61. The smallest absolute Gasteiger partial charge is 0.286 e. The highest BCUT2D eigenvalue weighted by Crippen LogP contribution is 2.36. The van der Waals surface area contributed by atoms with Gasteiger partial charge >= 0.3 is 0 Å². The molecule has 1 aliphatic rings. The summed E-state index contributed by atoms with van der Waals surface area (Å²) in [6.07, 6.45) is 1.71. The van der Waals surface area contributed by atoms with Crippen LogP contribution in [0.4, 0.5) is 5.69 Å². The molecule has 2 heterocycles. The normalized spacial score (nSPS) is 14.9. The number of hydrogen-bond donors (Lipinski definition) is 0. The van der Waals surface area contributed by atoms with Gasteiger partial charge in [-0.3, -0.25) is 14.9 Å².